The Morgan fingerprint density at radius 2 is 2.35 bits per heavy atom. The first kappa shape index (κ1) is 14.3. The second kappa shape index (κ2) is 6.08. The first-order chi connectivity index (χ1) is 11.3. The van der Waals surface area contributed by atoms with Crippen molar-refractivity contribution < 1.29 is 9.15 Å². The van der Waals surface area contributed by atoms with Gasteiger partial charge in [0.25, 0.3) is 0 Å². The molecule has 0 saturated carbocycles. The van der Waals surface area contributed by atoms with E-state index in [1.54, 1.807) is 7.11 Å². The molecule has 0 aliphatic carbocycles. The van der Waals surface area contributed by atoms with Gasteiger partial charge in [0.15, 0.2) is 0 Å². The molecule has 3 aromatic rings. The Labute approximate surface area is 135 Å². The third-order valence-corrected chi connectivity index (χ3v) is 4.54. The smallest absolute Gasteiger partial charge is 0.134 e. The molecular formula is C18H21N3O2. The standard InChI is InChI=1S/C18H21N3O2/c1-22-15-3-4-17-14(8-15)9-16(23-17)11-19-10-13-2-5-18-20-6-7-21(18)12-13/h3-4,6-9,13,19H,2,5,10-12H2,1H3/t13-/m1/s1. The van der Waals surface area contributed by atoms with E-state index < -0.39 is 0 Å². The van der Waals surface area contributed by atoms with E-state index in [2.05, 4.69) is 27.1 Å². The number of hydrogen-bond acceptors (Lipinski definition) is 4. The van der Waals surface area contributed by atoms with Crippen LogP contribution in [0.1, 0.15) is 18.0 Å². The maximum Gasteiger partial charge on any atom is 0.134 e. The first-order valence-electron chi connectivity index (χ1n) is 8.09. The number of aryl methyl sites for hydroxylation is 1. The van der Waals surface area contributed by atoms with E-state index >= 15 is 0 Å². The Balaban J connectivity index is 1.34. The molecular weight excluding hydrogens is 290 g/mol. The molecule has 3 heterocycles. The molecule has 0 radical (unpaired) electrons. The van der Waals surface area contributed by atoms with Crippen molar-refractivity contribution in [2.45, 2.75) is 25.9 Å². The van der Waals surface area contributed by atoms with Crippen molar-refractivity contribution >= 4 is 11.0 Å². The van der Waals surface area contributed by atoms with Crippen molar-refractivity contribution in [2.75, 3.05) is 13.7 Å². The summed E-state index contributed by atoms with van der Waals surface area (Å²) < 4.78 is 13.4. The number of imidazole rings is 1. The number of nitrogens with zero attached hydrogens (tertiary/aromatic N) is 2. The van der Waals surface area contributed by atoms with Crippen LogP contribution in [0.2, 0.25) is 0 Å². The Hall–Kier alpha value is -2.27. The molecule has 0 unspecified atom stereocenters. The summed E-state index contributed by atoms with van der Waals surface area (Å²) in [7, 11) is 1.68. The van der Waals surface area contributed by atoms with Gasteiger partial charge in [0.2, 0.25) is 0 Å². The zero-order valence-corrected chi connectivity index (χ0v) is 13.3. The number of fused-ring (bicyclic) bond motifs is 2. The van der Waals surface area contributed by atoms with E-state index in [9.17, 15) is 0 Å². The van der Waals surface area contributed by atoms with Crippen LogP contribution in [0.5, 0.6) is 5.75 Å². The van der Waals surface area contributed by atoms with Crippen LogP contribution in [0.4, 0.5) is 0 Å². The van der Waals surface area contributed by atoms with Gasteiger partial charge < -0.3 is 19.0 Å². The average Bonchev–Trinajstić information content (AvgIpc) is 3.19. The predicted molar refractivity (Wildman–Crippen MR) is 88.5 cm³/mol. The highest BCUT2D eigenvalue weighted by Crippen LogP contribution is 2.24. The zero-order valence-electron chi connectivity index (χ0n) is 13.3. The van der Waals surface area contributed by atoms with Gasteiger partial charge in [-0.25, -0.2) is 4.98 Å². The second-order valence-electron chi connectivity index (χ2n) is 6.15. The van der Waals surface area contributed by atoms with E-state index in [1.807, 2.05) is 24.4 Å². The molecule has 1 aliphatic rings. The van der Waals surface area contributed by atoms with Gasteiger partial charge in [-0.15, -0.1) is 0 Å². The summed E-state index contributed by atoms with van der Waals surface area (Å²) in [6.45, 7) is 2.81. The lowest BCUT2D eigenvalue weighted by Gasteiger charge is -2.23. The number of methoxy groups -OCH3 is 1. The minimum atomic E-state index is 0.654. The lowest BCUT2D eigenvalue weighted by Crippen LogP contribution is -2.29. The van der Waals surface area contributed by atoms with Crippen LogP contribution < -0.4 is 10.1 Å². The summed E-state index contributed by atoms with van der Waals surface area (Å²) in [6, 6.07) is 7.97. The highest BCUT2D eigenvalue weighted by Gasteiger charge is 2.18. The van der Waals surface area contributed by atoms with Gasteiger partial charge in [0, 0.05) is 37.3 Å². The molecule has 4 rings (SSSR count). The van der Waals surface area contributed by atoms with Crippen LogP contribution in [-0.4, -0.2) is 23.2 Å². The van der Waals surface area contributed by atoms with Gasteiger partial charge in [-0.2, -0.15) is 0 Å². The molecule has 2 aromatic heterocycles. The summed E-state index contributed by atoms with van der Waals surface area (Å²) in [5.74, 6) is 3.69. The van der Waals surface area contributed by atoms with Crippen LogP contribution in [0.15, 0.2) is 41.1 Å². The van der Waals surface area contributed by atoms with Crippen LogP contribution in [0, 0.1) is 5.92 Å². The summed E-state index contributed by atoms with van der Waals surface area (Å²) >= 11 is 0. The molecule has 0 fully saturated rings. The fourth-order valence-corrected chi connectivity index (χ4v) is 3.29. The molecule has 0 saturated heterocycles. The van der Waals surface area contributed by atoms with Gasteiger partial charge in [0.1, 0.15) is 22.9 Å². The summed E-state index contributed by atoms with van der Waals surface area (Å²) in [5.41, 5.74) is 0.906. The number of ether oxygens (including phenoxy) is 1. The normalized spacial score (nSPS) is 17.3. The summed E-state index contributed by atoms with van der Waals surface area (Å²) in [6.07, 6.45) is 6.24. The first-order valence-corrected chi connectivity index (χ1v) is 8.09. The third-order valence-electron chi connectivity index (χ3n) is 4.54. The molecule has 5 nitrogen and oxygen atoms in total. The van der Waals surface area contributed by atoms with E-state index in [0.717, 1.165) is 48.5 Å². The van der Waals surface area contributed by atoms with Crippen LogP contribution in [0.3, 0.4) is 0 Å². The van der Waals surface area contributed by atoms with Crippen molar-refractivity contribution in [1.29, 1.82) is 0 Å². The van der Waals surface area contributed by atoms with E-state index in [4.69, 9.17) is 9.15 Å². The minimum absolute atomic E-state index is 0.654. The van der Waals surface area contributed by atoms with E-state index in [1.165, 1.54) is 12.2 Å². The minimum Gasteiger partial charge on any atom is -0.497 e. The van der Waals surface area contributed by atoms with Crippen LogP contribution >= 0.6 is 0 Å². The molecule has 120 valence electrons. The Morgan fingerprint density at radius 1 is 1.39 bits per heavy atom. The predicted octanol–water partition coefficient (Wildman–Crippen LogP) is 2.99. The maximum absolute atomic E-state index is 5.87. The second-order valence-corrected chi connectivity index (χ2v) is 6.15. The fourth-order valence-electron chi connectivity index (χ4n) is 3.29. The van der Waals surface area contributed by atoms with Crippen molar-refractivity contribution in [3.05, 3.63) is 48.2 Å². The Bertz CT molecular complexity index is 806. The van der Waals surface area contributed by atoms with Gasteiger partial charge >= 0.3 is 0 Å². The molecule has 1 aromatic carbocycles. The molecule has 0 bridgehead atoms. The van der Waals surface area contributed by atoms with Gasteiger partial charge in [-0.1, -0.05) is 0 Å². The van der Waals surface area contributed by atoms with Crippen molar-refractivity contribution in [3.8, 4) is 5.75 Å². The quantitative estimate of drug-likeness (QED) is 0.787. The molecule has 23 heavy (non-hydrogen) atoms. The summed E-state index contributed by atoms with van der Waals surface area (Å²) in [4.78, 5) is 4.37. The molecule has 0 spiro atoms. The number of benzene rings is 1. The van der Waals surface area contributed by atoms with Crippen LogP contribution in [0.25, 0.3) is 11.0 Å². The number of furan rings is 1. The topological polar surface area (TPSA) is 52.2 Å². The summed E-state index contributed by atoms with van der Waals surface area (Å²) in [5, 5.41) is 4.61. The monoisotopic (exact) mass is 311 g/mol. The Kier molecular flexibility index (Phi) is 3.79. The SMILES string of the molecule is COc1ccc2oc(CNC[C@H]3CCc4nccn4C3)cc2c1. The van der Waals surface area contributed by atoms with Crippen molar-refractivity contribution in [2.24, 2.45) is 5.92 Å². The Morgan fingerprint density at radius 3 is 3.26 bits per heavy atom. The lowest BCUT2D eigenvalue weighted by atomic mass is 9.99. The third kappa shape index (κ3) is 2.97. The molecule has 0 amide bonds. The maximum atomic E-state index is 5.87. The highest BCUT2D eigenvalue weighted by atomic mass is 16.5. The average molecular weight is 311 g/mol. The van der Waals surface area contributed by atoms with E-state index in [-0.39, 0.29) is 0 Å². The van der Waals surface area contributed by atoms with Gasteiger partial charge in [-0.3, -0.25) is 0 Å². The lowest BCUT2D eigenvalue weighted by molar-refractivity contribution is 0.342. The van der Waals surface area contributed by atoms with Crippen molar-refractivity contribution in [1.82, 2.24) is 14.9 Å². The molecule has 1 aliphatic heterocycles. The molecule has 5 heteroatoms. The zero-order chi connectivity index (χ0) is 15.6. The fraction of sp³-hybridized carbons (Fsp3) is 0.389. The van der Waals surface area contributed by atoms with Crippen LogP contribution in [-0.2, 0) is 19.5 Å². The van der Waals surface area contributed by atoms with E-state index in [0.29, 0.717) is 5.92 Å². The van der Waals surface area contributed by atoms with Crippen molar-refractivity contribution in [3.63, 3.8) is 0 Å². The molecule has 1 atom stereocenters. The number of aromatic nitrogens is 2. The number of hydrogen-bond donors (Lipinski definition) is 1. The highest BCUT2D eigenvalue weighted by molar-refractivity contribution is 5.79. The number of rotatable bonds is 5. The molecule has 1 N–H and O–H groups in total. The van der Waals surface area contributed by atoms with Gasteiger partial charge in [0.05, 0.1) is 13.7 Å². The van der Waals surface area contributed by atoms with Gasteiger partial charge in [-0.05, 0) is 36.6 Å². The number of nitrogens with one attached hydrogen (secondary N) is 1. The largest absolute Gasteiger partial charge is 0.497 e.